The molecule has 34 heavy (non-hydrogen) atoms. The quantitative estimate of drug-likeness (QED) is 0.125. The van der Waals surface area contributed by atoms with Crippen LogP contribution >= 0.6 is 0 Å². The minimum Gasteiger partial charge on any atom is -0.454 e. The molecule has 1 aliphatic heterocycles. The lowest BCUT2D eigenvalue weighted by molar-refractivity contribution is -0.112. The molecule has 0 spiro atoms. The third kappa shape index (κ3) is 14.5. The van der Waals surface area contributed by atoms with Crippen molar-refractivity contribution in [1.82, 2.24) is 0 Å². The van der Waals surface area contributed by atoms with Crippen LogP contribution < -0.4 is 9.47 Å². The smallest absolute Gasteiger partial charge is 0.231 e. The summed E-state index contributed by atoms with van der Waals surface area (Å²) in [5.74, 6) is 1.96. The van der Waals surface area contributed by atoms with E-state index in [0.29, 0.717) is 6.79 Å². The summed E-state index contributed by atoms with van der Waals surface area (Å²) >= 11 is 0. The summed E-state index contributed by atoms with van der Waals surface area (Å²) in [5, 5.41) is 0. The summed E-state index contributed by atoms with van der Waals surface area (Å²) in [6, 6.07) is 6.36. The molecule has 0 aromatic heterocycles. The molecule has 0 fully saturated rings. The lowest BCUT2D eigenvalue weighted by Crippen LogP contribution is -1.93. The van der Waals surface area contributed by atoms with Crippen LogP contribution in [0.25, 0.3) is 0 Å². The first-order valence-corrected chi connectivity index (χ1v) is 14.3. The number of ether oxygens (including phenoxy) is 2. The third-order valence-corrected chi connectivity index (χ3v) is 6.88. The van der Waals surface area contributed by atoms with E-state index in [2.05, 4.69) is 12.1 Å². The van der Waals surface area contributed by atoms with Crippen molar-refractivity contribution in [2.24, 2.45) is 0 Å². The van der Waals surface area contributed by atoms with Gasteiger partial charge in [0.25, 0.3) is 0 Å². The van der Waals surface area contributed by atoms with Crippen molar-refractivity contribution in [3.05, 3.63) is 35.9 Å². The largest absolute Gasteiger partial charge is 0.454 e. The third-order valence-electron chi connectivity index (χ3n) is 6.88. The highest BCUT2D eigenvalue weighted by Gasteiger charge is 2.12. The van der Waals surface area contributed by atoms with Crippen molar-refractivity contribution >= 4 is 5.78 Å². The Balaban J connectivity index is 1.23. The van der Waals surface area contributed by atoms with Crippen molar-refractivity contribution in [3.63, 3.8) is 0 Å². The predicted octanol–water partition coefficient (Wildman–Crippen LogP) is 9.51. The second kappa shape index (κ2) is 19.5. The number of unbranched alkanes of at least 4 members (excludes halogenated alkanes) is 18. The summed E-state index contributed by atoms with van der Waals surface area (Å²) in [5.41, 5.74) is 1.37. The van der Waals surface area contributed by atoms with Gasteiger partial charge in [0.05, 0.1) is 0 Å². The second-order valence-corrected chi connectivity index (χ2v) is 10.1. The summed E-state index contributed by atoms with van der Waals surface area (Å²) in [7, 11) is 0. The van der Waals surface area contributed by atoms with E-state index in [1.165, 1.54) is 121 Å². The topological polar surface area (TPSA) is 35.5 Å². The van der Waals surface area contributed by atoms with Crippen molar-refractivity contribution < 1.29 is 14.3 Å². The minimum atomic E-state index is 0.164. The number of carbonyl (C=O) groups excluding carboxylic acids is 1. The van der Waals surface area contributed by atoms with Crippen LogP contribution in [0.1, 0.15) is 134 Å². The van der Waals surface area contributed by atoms with Crippen LogP contribution in [0.4, 0.5) is 0 Å². The lowest BCUT2D eigenvalue weighted by Gasteiger charge is -2.05. The van der Waals surface area contributed by atoms with Crippen LogP contribution in [0.5, 0.6) is 11.5 Å². The molecule has 1 aromatic carbocycles. The molecule has 0 amide bonds. The Morgan fingerprint density at radius 1 is 0.676 bits per heavy atom. The van der Waals surface area contributed by atoms with Crippen LogP contribution in [0.2, 0.25) is 0 Å². The van der Waals surface area contributed by atoms with Gasteiger partial charge in [-0.25, -0.2) is 0 Å². The highest BCUT2D eigenvalue weighted by atomic mass is 16.7. The number of hydrogen-bond acceptors (Lipinski definition) is 3. The average Bonchev–Trinajstić information content (AvgIpc) is 3.30. The van der Waals surface area contributed by atoms with E-state index in [9.17, 15) is 4.79 Å². The fourth-order valence-electron chi connectivity index (χ4n) is 4.77. The summed E-state index contributed by atoms with van der Waals surface area (Å²) < 4.78 is 10.8. The van der Waals surface area contributed by atoms with Crippen molar-refractivity contribution in [1.29, 1.82) is 0 Å². The molecule has 3 heteroatoms. The van der Waals surface area contributed by atoms with E-state index in [1.807, 2.05) is 12.1 Å². The molecule has 0 saturated carbocycles. The molecule has 3 nitrogen and oxygen atoms in total. The van der Waals surface area contributed by atoms with Gasteiger partial charge in [-0.2, -0.15) is 0 Å². The number of aryl methyl sites for hydroxylation is 1. The van der Waals surface area contributed by atoms with Gasteiger partial charge in [0.2, 0.25) is 6.79 Å². The van der Waals surface area contributed by atoms with E-state index in [0.717, 1.165) is 24.3 Å². The van der Waals surface area contributed by atoms with Gasteiger partial charge in [-0.15, -0.1) is 0 Å². The van der Waals surface area contributed by atoms with Gasteiger partial charge in [-0.1, -0.05) is 115 Å². The first-order chi connectivity index (χ1) is 16.8. The van der Waals surface area contributed by atoms with Crippen molar-refractivity contribution in [3.8, 4) is 11.5 Å². The van der Waals surface area contributed by atoms with Crippen LogP contribution in [0.15, 0.2) is 30.4 Å². The summed E-state index contributed by atoms with van der Waals surface area (Å²) in [4.78, 5) is 10.8. The van der Waals surface area contributed by atoms with Crippen LogP contribution in [0, 0.1) is 0 Å². The molecule has 0 saturated heterocycles. The van der Waals surface area contributed by atoms with E-state index in [4.69, 9.17) is 9.47 Å². The maximum Gasteiger partial charge on any atom is 0.231 e. The highest BCUT2D eigenvalue weighted by molar-refractivity contribution is 5.87. The Hall–Kier alpha value is -1.77. The zero-order chi connectivity index (χ0) is 24.1. The van der Waals surface area contributed by atoms with Gasteiger partial charge in [0.15, 0.2) is 17.3 Å². The number of ketones is 1. The lowest BCUT2D eigenvalue weighted by atomic mass is 10.0. The zero-order valence-corrected chi connectivity index (χ0v) is 22.0. The molecule has 1 aliphatic rings. The van der Waals surface area contributed by atoms with Gasteiger partial charge in [0, 0.05) is 0 Å². The first-order valence-electron chi connectivity index (χ1n) is 14.3. The monoisotopic (exact) mass is 470 g/mol. The number of rotatable bonds is 22. The van der Waals surface area contributed by atoms with E-state index >= 15 is 0 Å². The minimum absolute atomic E-state index is 0.164. The van der Waals surface area contributed by atoms with E-state index in [-0.39, 0.29) is 5.78 Å². The number of hydrogen-bond donors (Lipinski definition) is 0. The van der Waals surface area contributed by atoms with Gasteiger partial charge < -0.3 is 9.47 Å². The molecule has 2 rings (SSSR count). The van der Waals surface area contributed by atoms with Gasteiger partial charge >= 0.3 is 0 Å². The van der Waals surface area contributed by atoms with Crippen LogP contribution in [-0.2, 0) is 11.2 Å². The second-order valence-electron chi connectivity index (χ2n) is 10.1. The number of benzene rings is 1. The maximum absolute atomic E-state index is 10.8. The van der Waals surface area contributed by atoms with Crippen LogP contribution in [0.3, 0.4) is 0 Å². The summed E-state index contributed by atoms with van der Waals surface area (Å²) in [6.07, 6.45) is 30.8. The Labute approximate surface area is 209 Å². The Morgan fingerprint density at radius 2 is 1.15 bits per heavy atom. The van der Waals surface area contributed by atoms with Gasteiger partial charge in [-0.05, 0) is 56.4 Å². The Kier molecular flexibility index (Phi) is 16.3. The standard InChI is InChI=1S/C31H50O3/c1-28(32)22-20-18-16-14-12-10-8-6-4-2-3-5-7-9-11-13-15-17-19-21-23-29-24-25-30-31(26-29)34-27-33-30/h20,22,24-26H,2-19,21,23,27H2,1H3/b22-20+. The Morgan fingerprint density at radius 3 is 1.68 bits per heavy atom. The predicted molar refractivity (Wildman–Crippen MR) is 144 cm³/mol. The normalized spacial score (nSPS) is 12.6. The SMILES string of the molecule is CC(=O)/C=C/CCCCCCCCCCCCCCCCCCCCc1ccc2c(c1)OCO2. The van der Waals surface area contributed by atoms with Crippen LogP contribution in [-0.4, -0.2) is 12.6 Å². The molecule has 192 valence electrons. The fraction of sp³-hybridized carbons (Fsp3) is 0.710. The number of fused-ring (bicyclic) bond motifs is 1. The molecule has 0 N–H and O–H groups in total. The molecule has 0 aliphatic carbocycles. The molecule has 0 radical (unpaired) electrons. The zero-order valence-electron chi connectivity index (χ0n) is 22.0. The maximum atomic E-state index is 10.8. The fourth-order valence-corrected chi connectivity index (χ4v) is 4.77. The van der Waals surface area contributed by atoms with E-state index in [1.54, 1.807) is 13.0 Å². The molecule has 1 heterocycles. The first kappa shape index (κ1) is 28.5. The molecule has 0 bridgehead atoms. The molecular weight excluding hydrogens is 420 g/mol. The molecule has 0 atom stereocenters. The number of carbonyl (C=O) groups is 1. The van der Waals surface area contributed by atoms with Gasteiger partial charge in [0.1, 0.15) is 0 Å². The molecular formula is C31H50O3. The number of allylic oxidation sites excluding steroid dienone is 2. The molecule has 1 aromatic rings. The van der Waals surface area contributed by atoms with Gasteiger partial charge in [-0.3, -0.25) is 4.79 Å². The molecule has 0 unspecified atom stereocenters. The average molecular weight is 471 g/mol. The van der Waals surface area contributed by atoms with E-state index < -0.39 is 0 Å². The Bertz CT molecular complexity index is 679. The van der Waals surface area contributed by atoms with Crippen molar-refractivity contribution in [2.45, 2.75) is 135 Å². The summed E-state index contributed by atoms with van der Waals surface area (Å²) in [6.45, 7) is 1.98. The van der Waals surface area contributed by atoms with Crippen molar-refractivity contribution in [2.75, 3.05) is 6.79 Å². The highest BCUT2D eigenvalue weighted by Crippen LogP contribution is 2.32.